The molecular weight excluding hydrogens is 470 g/mol. The summed E-state index contributed by atoms with van der Waals surface area (Å²) in [7, 11) is 3.26. The van der Waals surface area contributed by atoms with Gasteiger partial charge in [0.15, 0.2) is 5.65 Å². The van der Waals surface area contributed by atoms with Crippen LogP contribution in [-0.4, -0.2) is 54.4 Å². The van der Waals surface area contributed by atoms with Crippen molar-refractivity contribution < 1.29 is 19.0 Å². The van der Waals surface area contributed by atoms with Crippen molar-refractivity contribution in [3.8, 4) is 28.6 Å². The minimum atomic E-state index is -0.116. The summed E-state index contributed by atoms with van der Waals surface area (Å²) in [6.07, 6.45) is 3.86. The van der Waals surface area contributed by atoms with Crippen LogP contribution in [0.1, 0.15) is 28.8 Å². The lowest BCUT2D eigenvalue weighted by Crippen LogP contribution is -2.23. The highest BCUT2D eigenvalue weighted by molar-refractivity contribution is 5.96. The Morgan fingerprint density at radius 1 is 1.11 bits per heavy atom. The standard InChI is InChI=1S/C28H31N5O4/c1-18-14-20(4-9-23(18)28(34)29-2)25-17-31-27-24(30-16-19-10-12-36-13-11-19)15-26(32-33(25)27)37-22-7-5-21(35-3)6-8-22/h4-9,14-15,17,19,30H,10-13,16H2,1-3H3,(H,29,34). The normalized spacial score (nSPS) is 13.9. The molecule has 1 aliphatic rings. The molecule has 3 heterocycles. The molecule has 2 N–H and O–H groups in total. The van der Waals surface area contributed by atoms with Gasteiger partial charge in [-0.15, -0.1) is 5.10 Å². The number of anilines is 1. The number of nitrogens with one attached hydrogen (secondary N) is 2. The number of hydrogen-bond donors (Lipinski definition) is 2. The van der Waals surface area contributed by atoms with Crippen LogP contribution in [0.25, 0.3) is 16.9 Å². The molecule has 2 aromatic heterocycles. The Hall–Kier alpha value is -4.11. The van der Waals surface area contributed by atoms with Crippen molar-refractivity contribution in [1.82, 2.24) is 19.9 Å². The van der Waals surface area contributed by atoms with Crippen LogP contribution >= 0.6 is 0 Å². The number of benzene rings is 2. The van der Waals surface area contributed by atoms with E-state index in [0.29, 0.717) is 28.8 Å². The topological polar surface area (TPSA) is 99.0 Å². The summed E-state index contributed by atoms with van der Waals surface area (Å²) in [5, 5.41) is 11.0. The van der Waals surface area contributed by atoms with Crippen LogP contribution in [-0.2, 0) is 4.74 Å². The van der Waals surface area contributed by atoms with E-state index in [-0.39, 0.29) is 5.91 Å². The lowest BCUT2D eigenvalue weighted by Gasteiger charge is -2.22. The van der Waals surface area contributed by atoms with Gasteiger partial charge in [-0.05, 0) is 67.6 Å². The predicted molar refractivity (Wildman–Crippen MR) is 142 cm³/mol. The highest BCUT2D eigenvalue weighted by Gasteiger charge is 2.18. The minimum absolute atomic E-state index is 0.116. The maximum Gasteiger partial charge on any atom is 0.251 e. The number of amides is 1. The van der Waals surface area contributed by atoms with Crippen molar-refractivity contribution in [2.75, 3.05) is 39.2 Å². The zero-order chi connectivity index (χ0) is 25.8. The molecule has 5 rings (SSSR count). The summed E-state index contributed by atoms with van der Waals surface area (Å²) in [6.45, 7) is 4.32. The minimum Gasteiger partial charge on any atom is -0.497 e. The highest BCUT2D eigenvalue weighted by Crippen LogP contribution is 2.31. The average molecular weight is 502 g/mol. The number of imidazole rings is 1. The number of fused-ring (bicyclic) bond motifs is 1. The van der Waals surface area contributed by atoms with E-state index in [9.17, 15) is 4.79 Å². The Morgan fingerprint density at radius 2 is 1.86 bits per heavy atom. The van der Waals surface area contributed by atoms with Gasteiger partial charge in [0.05, 0.1) is 24.7 Å². The van der Waals surface area contributed by atoms with E-state index in [1.54, 1.807) is 24.9 Å². The predicted octanol–water partition coefficient (Wildman–Crippen LogP) is 4.70. The van der Waals surface area contributed by atoms with Crippen LogP contribution in [0.4, 0.5) is 5.69 Å². The Kier molecular flexibility index (Phi) is 7.23. The largest absolute Gasteiger partial charge is 0.497 e. The van der Waals surface area contributed by atoms with Crippen LogP contribution in [0.2, 0.25) is 0 Å². The first-order valence-electron chi connectivity index (χ1n) is 12.4. The highest BCUT2D eigenvalue weighted by atomic mass is 16.5. The maximum atomic E-state index is 12.2. The van der Waals surface area contributed by atoms with Gasteiger partial charge in [0.1, 0.15) is 11.5 Å². The van der Waals surface area contributed by atoms with Crippen LogP contribution in [0.5, 0.6) is 17.4 Å². The van der Waals surface area contributed by atoms with Gasteiger partial charge in [0.2, 0.25) is 5.88 Å². The Balaban J connectivity index is 1.52. The molecule has 0 bridgehead atoms. The molecule has 1 amide bonds. The first-order chi connectivity index (χ1) is 18.1. The molecule has 0 saturated carbocycles. The first kappa shape index (κ1) is 24.6. The maximum absolute atomic E-state index is 12.2. The van der Waals surface area contributed by atoms with E-state index in [2.05, 4.69) is 10.6 Å². The molecule has 0 radical (unpaired) electrons. The van der Waals surface area contributed by atoms with Gasteiger partial charge in [-0.1, -0.05) is 6.07 Å². The SMILES string of the molecule is CNC(=O)c1ccc(-c2cnc3c(NCC4CCOCC4)cc(Oc4ccc(OC)cc4)nn23)cc1C. The Morgan fingerprint density at radius 3 is 2.57 bits per heavy atom. The second kappa shape index (κ2) is 10.9. The number of nitrogens with zero attached hydrogens (tertiary/aromatic N) is 3. The third-order valence-corrected chi connectivity index (χ3v) is 6.64. The summed E-state index contributed by atoms with van der Waals surface area (Å²) in [4.78, 5) is 16.9. The molecule has 4 aromatic rings. The van der Waals surface area contributed by atoms with Gasteiger partial charge < -0.3 is 24.8 Å². The lowest BCUT2D eigenvalue weighted by atomic mass is 10.0. The molecule has 9 nitrogen and oxygen atoms in total. The molecule has 1 saturated heterocycles. The van der Waals surface area contributed by atoms with Crippen molar-refractivity contribution in [3.63, 3.8) is 0 Å². The molecule has 0 unspecified atom stereocenters. The van der Waals surface area contributed by atoms with Crippen LogP contribution < -0.4 is 20.1 Å². The van der Waals surface area contributed by atoms with Gasteiger partial charge in [0.25, 0.3) is 5.91 Å². The summed E-state index contributed by atoms with van der Waals surface area (Å²) in [5.74, 6) is 2.25. The quantitative estimate of drug-likeness (QED) is 0.361. The van der Waals surface area contributed by atoms with Crippen molar-refractivity contribution in [1.29, 1.82) is 0 Å². The average Bonchev–Trinajstić information content (AvgIpc) is 3.36. The summed E-state index contributed by atoms with van der Waals surface area (Å²) >= 11 is 0. The van der Waals surface area contributed by atoms with E-state index in [1.807, 2.05) is 55.5 Å². The number of methoxy groups -OCH3 is 1. The number of ether oxygens (including phenoxy) is 3. The zero-order valence-corrected chi connectivity index (χ0v) is 21.3. The van der Waals surface area contributed by atoms with E-state index in [4.69, 9.17) is 24.3 Å². The van der Waals surface area contributed by atoms with Crippen LogP contribution in [0, 0.1) is 12.8 Å². The van der Waals surface area contributed by atoms with E-state index in [1.165, 1.54) is 0 Å². The van der Waals surface area contributed by atoms with Crippen molar-refractivity contribution >= 4 is 17.2 Å². The van der Waals surface area contributed by atoms with Gasteiger partial charge in [-0.2, -0.15) is 0 Å². The molecule has 192 valence electrons. The van der Waals surface area contributed by atoms with E-state index in [0.717, 1.165) is 60.9 Å². The molecule has 0 spiro atoms. The number of aromatic nitrogens is 3. The van der Waals surface area contributed by atoms with Crippen LogP contribution in [0.15, 0.2) is 54.7 Å². The number of hydrogen-bond acceptors (Lipinski definition) is 7. The monoisotopic (exact) mass is 501 g/mol. The van der Waals surface area contributed by atoms with Gasteiger partial charge in [0, 0.05) is 44.0 Å². The van der Waals surface area contributed by atoms with E-state index < -0.39 is 0 Å². The fourth-order valence-electron chi connectivity index (χ4n) is 4.50. The molecule has 0 atom stereocenters. The fourth-order valence-corrected chi connectivity index (χ4v) is 4.50. The van der Waals surface area contributed by atoms with Crippen molar-refractivity contribution in [2.45, 2.75) is 19.8 Å². The zero-order valence-electron chi connectivity index (χ0n) is 21.3. The Labute approximate surface area is 215 Å². The third kappa shape index (κ3) is 5.36. The molecule has 1 fully saturated rings. The van der Waals surface area contributed by atoms with E-state index >= 15 is 0 Å². The van der Waals surface area contributed by atoms with Gasteiger partial charge >= 0.3 is 0 Å². The molecule has 1 aliphatic heterocycles. The summed E-state index contributed by atoms with van der Waals surface area (Å²) in [6, 6.07) is 15.0. The number of carbonyl (C=O) groups excluding carboxylic acids is 1. The first-order valence-corrected chi connectivity index (χ1v) is 12.4. The fraction of sp³-hybridized carbons (Fsp3) is 0.321. The Bertz CT molecular complexity index is 1390. The molecular formula is C28H31N5O4. The lowest BCUT2D eigenvalue weighted by molar-refractivity contribution is 0.0699. The van der Waals surface area contributed by atoms with Crippen molar-refractivity contribution in [3.05, 3.63) is 65.9 Å². The van der Waals surface area contributed by atoms with Crippen LogP contribution in [0.3, 0.4) is 0 Å². The summed E-state index contributed by atoms with van der Waals surface area (Å²) in [5.41, 5.74) is 4.76. The number of rotatable bonds is 8. The smallest absolute Gasteiger partial charge is 0.251 e. The third-order valence-electron chi connectivity index (χ3n) is 6.64. The van der Waals surface area contributed by atoms with Gasteiger partial charge in [-0.3, -0.25) is 4.79 Å². The van der Waals surface area contributed by atoms with Crippen molar-refractivity contribution in [2.24, 2.45) is 5.92 Å². The number of aryl methyl sites for hydroxylation is 1. The second-order valence-electron chi connectivity index (χ2n) is 9.10. The molecule has 2 aromatic carbocycles. The number of carbonyl (C=O) groups is 1. The van der Waals surface area contributed by atoms with Gasteiger partial charge in [-0.25, -0.2) is 9.50 Å². The molecule has 9 heteroatoms. The molecule has 0 aliphatic carbocycles. The summed E-state index contributed by atoms with van der Waals surface area (Å²) < 4.78 is 18.7. The molecule has 37 heavy (non-hydrogen) atoms. The second-order valence-corrected chi connectivity index (χ2v) is 9.10.